The predicted molar refractivity (Wildman–Crippen MR) is 120 cm³/mol. The summed E-state index contributed by atoms with van der Waals surface area (Å²) in [6.45, 7) is 8.63. The summed E-state index contributed by atoms with van der Waals surface area (Å²) in [7, 11) is 1.40. The first-order valence-corrected chi connectivity index (χ1v) is 9.96. The van der Waals surface area contributed by atoms with E-state index in [2.05, 4.69) is 74.6 Å². The maximum atomic E-state index is 11.6. The standard InChI is InChI=1S/C24H23IO2/c1-14-11-21(22-12-17(4)23(25)13-16(22)3)15(2)10-20(14)18-6-8-19(9-7-18)24(26)27-5/h6-13H,1-5H3. The van der Waals surface area contributed by atoms with Gasteiger partial charge in [-0.3, -0.25) is 0 Å². The van der Waals surface area contributed by atoms with Gasteiger partial charge in [0.1, 0.15) is 0 Å². The summed E-state index contributed by atoms with van der Waals surface area (Å²) >= 11 is 2.39. The Morgan fingerprint density at radius 2 is 1.22 bits per heavy atom. The zero-order chi connectivity index (χ0) is 19.7. The largest absolute Gasteiger partial charge is 0.465 e. The Kier molecular flexibility index (Phi) is 5.70. The number of methoxy groups -OCH3 is 1. The van der Waals surface area contributed by atoms with Gasteiger partial charge in [-0.15, -0.1) is 0 Å². The minimum absolute atomic E-state index is 0.311. The van der Waals surface area contributed by atoms with Crippen molar-refractivity contribution in [1.29, 1.82) is 0 Å². The number of benzene rings is 3. The molecule has 3 aromatic carbocycles. The molecule has 0 saturated heterocycles. The molecule has 0 amide bonds. The summed E-state index contributed by atoms with van der Waals surface area (Å²) in [6, 6.07) is 16.6. The average molecular weight is 470 g/mol. The van der Waals surface area contributed by atoms with Crippen molar-refractivity contribution < 1.29 is 9.53 Å². The van der Waals surface area contributed by atoms with Crippen LogP contribution in [0.4, 0.5) is 0 Å². The predicted octanol–water partition coefficient (Wildman–Crippen LogP) is 6.65. The topological polar surface area (TPSA) is 26.3 Å². The molecule has 0 spiro atoms. The van der Waals surface area contributed by atoms with Crippen molar-refractivity contribution in [3.8, 4) is 22.3 Å². The fourth-order valence-corrected chi connectivity index (χ4v) is 4.02. The third-order valence-corrected chi connectivity index (χ3v) is 6.15. The smallest absolute Gasteiger partial charge is 0.337 e. The van der Waals surface area contributed by atoms with Crippen LogP contribution < -0.4 is 0 Å². The number of carbonyl (C=O) groups is 1. The van der Waals surface area contributed by atoms with Gasteiger partial charge in [0.05, 0.1) is 12.7 Å². The Morgan fingerprint density at radius 1 is 0.741 bits per heavy atom. The number of rotatable bonds is 3. The third-order valence-electron chi connectivity index (χ3n) is 4.98. The van der Waals surface area contributed by atoms with Crippen molar-refractivity contribution in [2.24, 2.45) is 0 Å². The lowest BCUT2D eigenvalue weighted by molar-refractivity contribution is 0.0601. The van der Waals surface area contributed by atoms with Gasteiger partial charge in [0.15, 0.2) is 0 Å². The van der Waals surface area contributed by atoms with Crippen LogP contribution in [0.25, 0.3) is 22.3 Å². The second kappa shape index (κ2) is 7.85. The maximum absolute atomic E-state index is 11.6. The van der Waals surface area contributed by atoms with E-state index in [1.165, 1.54) is 49.6 Å². The van der Waals surface area contributed by atoms with Crippen molar-refractivity contribution in [1.82, 2.24) is 0 Å². The molecule has 0 aromatic heterocycles. The zero-order valence-electron chi connectivity index (χ0n) is 16.3. The monoisotopic (exact) mass is 470 g/mol. The number of aryl methyl sites for hydroxylation is 4. The summed E-state index contributed by atoms with van der Waals surface area (Å²) < 4.78 is 6.08. The molecule has 0 N–H and O–H groups in total. The van der Waals surface area contributed by atoms with Gasteiger partial charge in [-0.2, -0.15) is 0 Å². The van der Waals surface area contributed by atoms with E-state index in [-0.39, 0.29) is 5.97 Å². The molecule has 27 heavy (non-hydrogen) atoms. The molecule has 3 heteroatoms. The van der Waals surface area contributed by atoms with Crippen LogP contribution in [0.15, 0.2) is 48.5 Å². The molecule has 0 bridgehead atoms. The Hall–Kier alpha value is -2.14. The number of ether oxygens (including phenoxy) is 1. The van der Waals surface area contributed by atoms with E-state index < -0.39 is 0 Å². The molecule has 0 heterocycles. The van der Waals surface area contributed by atoms with Gasteiger partial charge in [-0.05, 0) is 113 Å². The van der Waals surface area contributed by atoms with Gasteiger partial charge in [0.25, 0.3) is 0 Å². The summed E-state index contributed by atoms with van der Waals surface area (Å²) in [4.78, 5) is 11.6. The first kappa shape index (κ1) is 19.6. The highest BCUT2D eigenvalue weighted by atomic mass is 127. The summed E-state index contributed by atoms with van der Waals surface area (Å²) in [5, 5.41) is 0. The second-order valence-electron chi connectivity index (χ2n) is 6.97. The first-order chi connectivity index (χ1) is 12.8. The Labute approximate surface area is 174 Å². The van der Waals surface area contributed by atoms with E-state index in [4.69, 9.17) is 4.74 Å². The van der Waals surface area contributed by atoms with Crippen molar-refractivity contribution in [2.45, 2.75) is 27.7 Å². The highest BCUT2D eigenvalue weighted by Gasteiger charge is 2.12. The molecular formula is C24H23IO2. The molecule has 0 aliphatic rings. The van der Waals surface area contributed by atoms with E-state index >= 15 is 0 Å². The van der Waals surface area contributed by atoms with Crippen LogP contribution >= 0.6 is 22.6 Å². The number of hydrogen-bond donors (Lipinski definition) is 0. The molecular weight excluding hydrogens is 447 g/mol. The molecule has 3 aromatic rings. The van der Waals surface area contributed by atoms with Crippen molar-refractivity contribution in [3.63, 3.8) is 0 Å². The average Bonchev–Trinajstić information content (AvgIpc) is 2.66. The molecule has 0 aliphatic heterocycles. The first-order valence-electron chi connectivity index (χ1n) is 8.89. The molecule has 0 atom stereocenters. The molecule has 2 nitrogen and oxygen atoms in total. The van der Waals surface area contributed by atoms with Gasteiger partial charge in [0.2, 0.25) is 0 Å². The highest BCUT2D eigenvalue weighted by molar-refractivity contribution is 14.1. The summed E-state index contributed by atoms with van der Waals surface area (Å²) in [5.74, 6) is -0.311. The minimum atomic E-state index is -0.311. The van der Waals surface area contributed by atoms with Crippen LogP contribution in [0.1, 0.15) is 32.6 Å². The molecule has 0 radical (unpaired) electrons. The lowest BCUT2D eigenvalue weighted by Gasteiger charge is -2.16. The van der Waals surface area contributed by atoms with Gasteiger partial charge < -0.3 is 4.74 Å². The highest BCUT2D eigenvalue weighted by Crippen LogP contribution is 2.34. The SMILES string of the molecule is COC(=O)c1ccc(-c2cc(C)c(-c3cc(C)c(I)cc3C)cc2C)cc1. The van der Waals surface area contributed by atoms with E-state index in [0.717, 1.165) is 5.56 Å². The molecule has 138 valence electrons. The van der Waals surface area contributed by atoms with Crippen LogP contribution in [0.3, 0.4) is 0 Å². The van der Waals surface area contributed by atoms with Crippen LogP contribution in [0.2, 0.25) is 0 Å². The van der Waals surface area contributed by atoms with Gasteiger partial charge in [-0.1, -0.05) is 30.3 Å². The minimum Gasteiger partial charge on any atom is -0.465 e. The fraction of sp³-hybridized carbons (Fsp3) is 0.208. The molecule has 0 saturated carbocycles. The number of carbonyl (C=O) groups excluding carboxylic acids is 1. The molecule has 3 rings (SSSR count). The van der Waals surface area contributed by atoms with Crippen molar-refractivity contribution in [3.05, 3.63) is 79.9 Å². The molecule has 0 aliphatic carbocycles. The lowest BCUT2D eigenvalue weighted by atomic mass is 9.89. The van der Waals surface area contributed by atoms with Crippen LogP contribution in [-0.4, -0.2) is 13.1 Å². The van der Waals surface area contributed by atoms with Crippen LogP contribution in [0, 0.1) is 31.3 Å². The molecule has 0 fully saturated rings. The Morgan fingerprint density at radius 3 is 1.81 bits per heavy atom. The third kappa shape index (κ3) is 3.93. The van der Waals surface area contributed by atoms with E-state index in [1.54, 1.807) is 0 Å². The van der Waals surface area contributed by atoms with Crippen molar-refractivity contribution >= 4 is 28.6 Å². The lowest BCUT2D eigenvalue weighted by Crippen LogP contribution is -2.00. The maximum Gasteiger partial charge on any atom is 0.337 e. The van der Waals surface area contributed by atoms with Crippen LogP contribution in [0.5, 0.6) is 0 Å². The Bertz CT molecular complexity index is 1020. The second-order valence-corrected chi connectivity index (χ2v) is 8.13. The van der Waals surface area contributed by atoms with Gasteiger partial charge in [-0.25, -0.2) is 4.79 Å². The fourth-order valence-electron chi connectivity index (χ4n) is 3.39. The normalized spacial score (nSPS) is 10.7. The summed E-state index contributed by atoms with van der Waals surface area (Å²) in [6.07, 6.45) is 0. The van der Waals surface area contributed by atoms with E-state index in [9.17, 15) is 4.79 Å². The Balaban J connectivity index is 2.06. The zero-order valence-corrected chi connectivity index (χ0v) is 18.5. The molecule has 0 unspecified atom stereocenters. The number of halogens is 1. The quantitative estimate of drug-likeness (QED) is 0.317. The number of hydrogen-bond acceptors (Lipinski definition) is 2. The van der Waals surface area contributed by atoms with E-state index in [1.807, 2.05) is 24.3 Å². The van der Waals surface area contributed by atoms with Crippen LogP contribution in [-0.2, 0) is 4.74 Å². The van der Waals surface area contributed by atoms with E-state index in [0.29, 0.717) is 5.56 Å². The number of esters is 1. The summed E-state index contributed by atoms with van der Waals surface area (Å²) in [5.41, 5.74) is 10.5. The van der Waals surface area contributed by atoms with Crippen molar-refractivity contribution in [2.75, 3.05) is 7.11 Å². The van der Waals surface area contributed by atoms with Gasteiger partial charge in [0, 0.05) is 3.57 Å². The van der Waals surface area contributed by atoms with Gasteiger partial charge >= 0.3 is 5.97 Å².